The normalized spacial score (nSPS) is 10.8. The Morgan fingerprint density at radius 1 is 1.19 bits per heavy atom. The minimum Gasteiger partial charge on any atom is -0.217 e. The second-order valence-corrected chi connectivity index (χ2v) is 5.07. The first-order valence-electron chi connectivity index (χ1n) is 4.23. The topological polar surface area (TPSA) is 30.7 Å². The highest BCUT2D eigenvalue weighted by Crippen LogP contribution is 2.28. The number of hydrogen-bond acceptors (Lipinski definition) is 2. The monoisotopic (exact) mass is 339 g/mol. The van der Waals surface area contributed by atoms with Gasteiger partial charge in [0.05, 0.1) is 10.0 Å². The maximum Gasteiger partial charge on any atom is 0.174 e. The highest BCUT2D eigenvalue weighted by Gasteiger charge is 2.12. The largest absolute Gasteiger partial charge is 0.217 e. The predicted octanol–water partition coefficient (Wildman–Crippen LogP) is 4.30. The van der Waals surface area contributed by atoms with Crippen LogP contribution in [0.2, 0.25) is 15.2 Å². The fraction of sp³-hybridized carbons (Fsp3) is 0.111. The third kappa shape index (κ3) is 2.20. The fourth-order valence-electron chi connectivity index (χ4n) is 1.23. The minimum atomic E-state index is 0.201. The molecule has 0 aliphatic carbocycles. The van der Waals surface area contributed by atoms with Crippen LogP contribution < -0.4 is 0 Å². The van der Waals surface area contributed by atoms with Gasteiger partial charge in [-0.2, -0.15) is 5.10 Å². The third-order valence-corrected chi connectivity index (χ3v) is 3.27. The van der Waals surface area contributed by atoms with E-state index >= 15 is 0 Å². The molecular weight excluding hydrogens is 336 g/mol. The predicted molar refractivity (Wildman–Crippen MR) is 68.8 cm³/mol. The summed E-state index contributed by atoms with van der Waals surface area (Å²) in [5, 5.41) is 5.11. The number of pyridine rings is 1. The van der Waals surface area contributed by atoms with Crippen molar-refractivity contribution >= 4 is 50.7 Å². The van der Waals surface area contributed by atoms with Crippen LogP contribution in [0.3, 0.4) is 0 Å². The molecule has 0 aliphatic heterocycles. The van der Waals surface area contributed by atoms with Crippen molar-refractivity contribution in [2.45, 2.75) is 6.92 Å². The van der Waals surface area contributed by atoms with Gasteiger partial charge in [-0.05, 0) is 35.0 Å². The number of hydrogen-bond donors (Lipinski definition) is 0. The molecule has 84 valence electrons. The fourth-order valence-corrected chi connectivity index (χ4v) is 2.30. The van der Waals surface area contributed by atoms with E-state index in [0.717, 1.165) is 5.69 Å². The Kier molecular flexibility index (Phi) is 3.45. The summed E-state index contributed by atoms with van der Waals surface area (Å²) in [6, 6.07) is 3.39. The van der Waals surface area contributed by atoms with E-state index in [9.17, 15) is 0 Å². The number of aryl methyl sites for hydroxylation is 1. The molecule has 2 heterocycles. The molecule has 0 fully saturated rings. The van der Waals surface area contributed by atoms with Crippen molar-refractivity contribution in [3.05, 3.63) is 37.6 Å². The van der Waals surface area contributed by atoms with E-state index in [2.05, 4.69) is 26.0 Å². The molecule has 0 N–H and O–H groups in total. The Morgan fingerprint density at radius 3 is 2.44 bits per heavy atom. The second-order valence-electron chi connectivity index (χ2n) is 3.09. The zero-order valence-electron chi connectivity index (χ0n) is 8.01. The van der Waals surface area contributed by atoms with E-state index in [1.807, 2.05) is 13.0 Å². The Labute approximate surface area is 115 Å². The molecule has 2 aromatic rings. The molecule has 0 bridgehead atoms. The van der Waals surface area contributed by atoms with Crippen LogP contribution >= 0.6 is 50.7 Å². The van der Waals surface area contributed by atoms with Crippen molar-refractivity contribution in [2.75, 3.05) is 0 Å². The molecule has 7 heteroatoms. The molecule has 0 aromatic carbocycles. The molecule has 0 radical (unpaired) electrons. The molecule has 0 aliphatic rings. The van der Waals surface area contributed by atoms with E-state index in [1.165, 1.54) is 0 Å². The van der Waals surface area contributed by atoms with Gasteiger partial charge in [0.1, 0.15) is 9.76 Å². The van der Waals surface area contributed by atoms with Crippen molar-refractivity contribution in [1.82, 2.24) is 14.8 Å². The number of halogens is 4. The highest BCUT2D eigenvalue weighted by molar-refractivity contribution is 9.10. The van der Waals surface area contributed by atoms with Crippen molar-refractivity contribution in [2.24, 2.45) is 0 Å². The van der Waals surface area contributed by atoms with E-state index in [-0.39, 0.29) is 5.15 Å². The third-order valence-electron chi connectivity index (χ3n) is 1.93. The lowest BCUT2D eigenvalue weighted by Gasteiger charge is -2.06. The summed E-state index contributed by atoms with van der Waals surface area (Å²) in [5.41, 5.74) is 0.889. The van der Waals surface area contributed by atoms with Gasteiger partial charge in [0.15, 0.2) is 5.82 Å². The highest BCUT2D eigenvalue weighted by atomic mass is 79.9. The van der Waals surface area contributed by atoms with E-state index in [0.29, 0.717) is 20.5 Å². The summed E-state index contributed by atoms with van der Waals surface area (Å²) < 4.78 is 2.29. The molecule has 0 amide bonds. The Morgan fingerprint density at radius 2 is 1.88 bits per heavy atom. The lowest BCUT2D eigenvalue weighted by atomic mass is 10.4. The number of aromatic nitrogens is 3. The first-order valence-corrected chi connectivity index (χ1v) is 6.16. The van der Waals surface area contributed by atoms with Crippen LogP contribution in [0.1, 0.15) is 5.69 Å². The summed E-state index contributed by atoms with van der Waals surface area (Å²) in [4.78, 5) is 4.10. The average molecular weight is 341 g/mol. The van der Waals surface area contributed by atoms with Crippen molar-refractivity contribution in [3.8, 4) is 5.82 Å². The summed E-state index contributed by atoms with van der Waals surface area (Å²) in [7, 11) is 0. The van der Waals surface area contributed by atoms with Gasteiger partial charge >= 0.3 is 0 Å². The maximum atomic E-state index is 6.04. The van der Waals surface area contributed by atoms with Crippen LogP contribution in [0.4, 0.5) is 0 Å². The molecule has 0 unspecified atom stereocenters. The first kappa shape index (κ1) is 12.2. The molecule has 3 nitrogen and oxygen atoms in total. The number of rotatable bonds is 1. The van der Waals surface area contributed by atoms with Crippen molar-refractivity contribution in [1.29, 1.82) is 0 Å². The van der Waals surface area contributed by atoms with E-state index in [1.54, 1.807) is 10.7 Å². The molecule has 0 atom stereocenters. The second kappa shape index (κ2) is 4.53. The summed E-state index contributed by atoms with van der Waals surface area (Å²) >= 11 is 21.0. The van der Waals surface area contributed by atoms with Gasteiger partial charge in [-0.25, -0.2) is 9.67 Å². The Hall–Kier alpha value is -0.290. The zero-order valence-corrected chi connectivity index (χ0v) is 11.9. The van der Waals surface area contributed by atoms with Gasteiger partial charge in [-0.1, -0.05) is 34.8 Å². The lowest BCUT2D eigenvalue weighted by Crippen LogP contribution is -2.03. The molecule has 0 saturated carbocycles. The Balaban J connectivity index is 2.64. The van der Waals surface area contributed by atoms with Crippen LogP contribution in [0.5, 0.6) is 0 Å². The van der Waals surface area contributed by atoms with Crippen LogP contribution in [0, 0.1) is 6.92 Å². The minimum absolute atomic E-state index is 0.201. The SMILES string of the molecule is Cc1cc(Br)nn1-c1nc(Cl)c(Cl)cc1Cl. The van der Waals surface area contributed by atoms with E-state index in [4.69, 9.17) is 34.8 Å². The van der Waals surface area contributed by atoms with Crippen LogP contribution in [0.25, 0.3) is 5.82 Å². The molecule has 2 aromatic heterocycles. The van der Waals surface area contributed by atoms with Gasteiger partial charge in [0.2, 0.25) is 0 Å². The first-order chi connectivity index (χ1) is 7.49. The molecule has 2 rings (SSSR count). The summed E-state index contributed by atoms with van der Waals surface area (Å²) in [5.74, 6) is 0.458. The van der Waals surface area contributed by atoms with Gasteiger partial charge in [-0.3, -0.25) is 0 Å². The van der Waals surface area contributed by atoms with Crippen LogP contribution in [-0.2, 0) is 0 Å². The standard InChI is InChI=1S/C9H5BrCl3N3/c1-4-2-7(10)15-16(4)9-6(12)3-5(11)8(13)14-9/h2-3H,1H3. The zero-order chi connectivity index (χ0) is 11.9. The quantitative estimate of drug-likeness (QED) is 0.724. The summed E-state index contributed by atoms with van der Waals surface area (Å²) in [6.07, 6.45) is 0. The molecular formula is C9H5BrCl3N3. The van der Waals surface area contributed by atoms with Gasteiger partial charge in [0.25, 0.3) is 0 Å². The molecule has 0 saturated heterocycles. The average Bonchev–Trinajstić information content (AvgIpc) is 2.51. The number of nitrogens with zero attached hydrogens (tertiary/aromatic N) is 3. The molecule has 16 heavy (non-hydrogen) atoms. The maximum absolute atomic E-state index is 6.04. The summed E-state index contributed by atoms with van der Waals surface area (Å²) in [6.45, 7) is 1.89. The van der Waals surface area contributed by atoms with Crippen LogP contribution in [0.15, 0.2) is 16.7 Å². The Bertz CT molecular complexity index is 553. The smallest absolute Gasteiger partial charge is 0.174 e. The lowest BCUT2D eigenvalue weighted by molar-refractivity contribution is 0.811. The van der Waals surface area contributed by atoms with Crippen molar-refractivity contribution in [3.63, 3.8) is 0 Å². The van der Waals surface area contributed by atoms with Crippen molar-refractivity contribution < 1.29 is 0 Å². The van der Waals surface area contributed by atoms with Gasteiger partial charge < -0.3 is 0 Å². The van der Waals surface area contributed by atoms with Gasteiger partial charge in [-0.15, -0.1) is 0 Å². The van der Waals surface area contributed by atoms with Crippen LogP contribution in [-0.4, -0.2) is 14.8 Å². The molecule has 0 spiro atoms. The van der Waals surface area contributed by atoms with E-state index < -0.39 is 0 Å². The van der Waals surface area contributed by atoms with Gasteiger partial charge in [0, 0.05) is 5.69 Å².